The molecular weight excluding hydrogens is 518 g/mol. The van der Waals surface area contributed by atoms with Gasteiger partial charge in [-0.05, 0) is 56.2 Å². The molecule has 0 radical (unpaired) electrons. The number of aryl methyl sites for hydroxylation is 1. The minimum Gasteiger partial charge on any atom is -0.372 e. The first kappa shape index (κ1) is 27.5. The van der Waals surface area contributed by atoms with Crippen LogP contribution in [0.1, 0.15) is 45.2 Å². The highest BCUT2D eigenvalue weighted by Crippen LogP contribution is 2.37. The average molecular weight is 542 g/mol. The number of non-ortho nitro benzene ring substituents is 1. The molecule has 1 aliphatic rings. The Labute approximate surface area is 228 Å². The lowest BCUT2D eigenvalue weighted by molar-refractivity contribution is -0.393. The Morgan fingerprint density at radius 2 is 1.65 bits per heavy atom. The molecule has 13 nitrogen and oxygen atoms in total. The molecule has 3 aromatic rings. The van der Waals surface area contributed by atoms with E-state index < -0.39 is 21.2 Å². The first-order valence-electron chi connectivity index (χ1n) is 12.3. The number of fused-ring (bicyclic) bond motifs is 1. The Hall–Kier alpha value is -5.51. The van der Waals surface area contributed by atoms with Crippen molar-refractivity contribution in [2.45, 2.75) is 20.3 Å². The van der Waals surface area contributed by atoms with E-state index in [1.165, 1.54) is 4.90 Å². The fraction of sp³-hybridized carbons (Fsp3) is 0.222. The molecule has 0 unspecified atom stereocenters. The molecule has 0 spiro atoms. The maximum absolute atomic E-state index is 12.6. The van der Waals surface area contributed by atoms with Crippen molar-refractivity contribution in [2.75, 3.05) is 24.5 Å². The third-order valence-electron chi connectivity index (χ3n) is 6.48. The molecule has 0 atom stereocenters. The van der Waals surface area contributed by atoms with Crippen molar-refractivity contribution >= 4 is 40.3 Å². The molecule has 0 saturated heterocycles. The van der Waals surface area contributed by atoms with Gasteiger partial charge in [0.1, 0.15) is 6.07 Å². The Balaban J connectivity index is 1.48. The number of amides is 2. The molecule has 1 aliphatic heterocycles. The lowest BCUT2D eigenvalue weighted by Crippen LogP contribution is -2.33. The Bertz CT molecular complexity index is 1580. The molecule has 3 aromatic carbocycles. The fourth-order valence-electron chi connectivity index (χ4n) is 4.42. The molecule has 2 amide bonds. The number of imide groups is 1. The van der Waals surface area contributed by atoms with Gasteiger partial charge in [0.2, 0.25) is 0 Å². The van der Waals surface area contributed by atoms with Gasteiger partial charge in [0.25, 0.3) is 17.5 Å². The predicted octanol–water partition coefficient (Wildman–Crippen LogP) is 5.61. The summed E-state index contributed by atoms with van der Waals surface area (Å²) >= 11 is 0. The van der Waals surface area contributed by atoms with Gasteiger partial charge >= 0.3 is 5.69 Å². The lowest BCUT2D eigenvalue weighted by atomic mass is 10.1. The highest BCUT2D eigenvalue weighted by atomic mass is 16.6. The normalized spacial score (nSPS) is 12.5. The van der Waals surface area contributed by atoms with Crippen LogP contribution in [0.4, 0.5) is 28.4 Å². The van der Waals surface area contributed by atoms with Crippen LogP contribution in [0.5, 0.6) is 0 Å². The van der Waals surface area contributed by atoms with E-state index in [1.807, 2.05) is 13.0 Å². The van der Waals surface area contributed by atoms with E-state index in [4.69, 9.17) is 0 Å². The summed E-state index contributed by atoms with van der Waals surface area (Å²) in [5.74, 6) is -0.580. The van der Waals surface area contributed by atoms with Gasteiger partial charge in [-0.25, -0.2) is 0 Å². The van der Waals surface area contributed by atoms with E-state index in [0.717, 1.165) is 17.8 Å². The first-order valence-corrected chi connectivity index (χ1v) is 12.3. The van der Waals surface area contributed by atoms with Crippen LogP contribution in [0.25, 0.3) is 0 Å². The van der Waals surface area contributed by atoms with Gasteiger partial charge in [-0.2, -0.15) is 5.26 Å². The highest BCUT2D eigenvalue weighted by Gasteiger charge is 2.34. The van der Waals surface area contributed by atoms with Crippen molar-refractivity contribution in [2.24, 2.45) is 10.2 Å². The van der Waals surface area contributed by atoms with Gasteiger partial charge in [-0.1, -0.05) is 12.1 Å². The summed E-state index contributed by atoms with van der Waals surface area (Å²) < 4.78 is 0. The zero-order valence-corrected chi connectivity index (χ0v) is 21.6. The maximum Gasteiger partial charge on any atom is 0.304 e. The van der Waals surface area contributed by atoms with Gasteiger partial charge in [-0.3, -0.25) is 34.7 Å². The van der Waals surface area contributed by atoms with Crippen LogP contribution in [0, 0.1) is 38.5 Å². The zero-order valence-electron chi connectivity index (χ0n) is 21.6. The molecular formula is C27H23N7O6. The fourth-order valence-corrected chi connectivity index (χ4v) is 4.42. The molecule has 1 heterocycles. The number of nitro groups is 2. The van der Waals surface area contributed by atoms with Crippen LogP contribution < -0.4 is 4.90 Å². The number of azo groups is 1. The van der Waals surface area contributed by atoms with Crippen LogP contribution in [-0.2, 0) is 0 Å². The molecule has 40 heavy (non-hydrogen) atoms. The highest BCUT2D eigenvalue weighted by molar-refractivity contribution is 6.21. The monoisotopic (exact) mass is 541 g/mol. The van der Waals surface area contributed by atoms with Crippen LogP contribution in [0.3, 0.4) is 0 Å². The number of anilines is 1. The summed E-state index contributed by atoms with van der Waals surface area (Å²) in [7, 11) is 0. The van der Waals surface area contributed by atoms with Crippen molar-refractivity contribution in [1.82, 2.24) is 4.90 Å². The van der Waals surface area contributed by atoms with Crippen LogP contribution >= 0.6 is 0 Å². The second kappa shape index (κ2) is 11.5. The molecule has 0 aliphatic carbocycles. The lowest BCUT2D eigenvalue weighted by Gasteiger charge is -2.25. The van der Waals surface area contributed by atoms with E-state index in [0.29, 0.717) is 41.9 Å². The second-order valence-electron chi connectivity index (χ2n) is 8.90. The van der Waals surface area contributed by atoms with E-state index in [2.05, 4.69) is 15.1 Å². The largest absolute Gasteiger partial charge is 0.372 e. The van der Waals surface area contributed by atoms with E-state index >= 15 is 0 Å². The Morgan fingerprint density at radius 3 is 2.20 bits per heavy atom. The van der Waals surface area contributed by atoms with Gasteiger partial charge in [0, 0.05) is 31.4 Å². The standard InChI is InChI=1S/C27H23N7O6/c1-3-31(11-6-12-32-26(35)21-7-4-5-8-22(21)27(32)36)19-9-10-23(17(2)13-19)29-30-25-18(16-28)14-20(33(37)38)15-24(25)34(39)40/h4-5,7-10,13-15H,3,6,11-12H2,1-2H3/b30-29+. The number of rotatable bonds is 10. The maximum atomic E-state index is 12.6. The molecule has 0 fully saturated rings. The quantitative estimate of drug-likeness (QED) is 0.138. The van der Waals surface area contributed by atoms with Crippen molar-refractivity contribution in [3.8, 4) is 6.07 Å². The van der Waals surface area contributed by atoms with Crippen LogP contribution in [0.15, 0.2) is 64.8 Å². The summed E-state index contributed by atoms with van der Waals surface area (Å²) in [6.07, 6.45) is 0.556. The summed E-state index contributed by atoms with van der Waals surface area (Å²) in [5, 5.41) is 39.9. The Kier molecular flexibility index (Phi) is 7.90. The predicted molar refractivity (Wildman–Crippen MR) is 144 cm³/mol. The van der Waals surface area contributed by atoms with Crippen molar-refractivity contribution in [3.63, 3.8) is 0 Å². The first-order chi connectivity index (χ1) is 19.2. The van der Waals surface area contributed by atoms with E-state index in [1.54, 1.807) is 49.4 Å². The minimum absolute atomic E-state index is 0.281. The van der Waals surface area contributed by atoms with Gasteiger partial charge in [0.15, 0.2) is 5.69 Å². The molecule has 13 heteroatoms. The minimum atomic E-state index is -0.848. The second-order valence-corrected chi connectivity index (χ2v) is 8.90. The van der Waals surface area contributed by atoms with Crippen molar-refractivity contribution < 1.29 is 19.4 Å². The number of carbonyl (C=O) groups is 2. The number of hydrogen-bond donors (Lipinski definition) is 0. The Morgan fingerprint density at radius 1 is 0.975 bits per heavy atom. The third kappa shape index (κ3) is 5.37. The van der Waals surface area contributed by atoms with Crippen LogP contribution in [-0.4, -0.2) is 46.2 Å². The van der Waals surface area contributed by atoms with Gasteiger partial charge in [0.05, 0.1) is 38.3 Å². The molecule has 0 bridgehead atoms. The number of nitro benzene ring substituents is 2. The molecule has 4 rings (SSSR count). The topological polar surface area (TPSA) is 175 Å². The number of nitrogens with zero attached hydrogens (tertiary/aromatic N) is 7. The third-order valence-corrected chi connectivity index (χ3v) is 6.48. The molecule has 0 N–H and O–H groups in total. The summed E-state index contributed by atoms with van der Waals surface area (Å²) in [6.45, 7) is 5.26. The SMILES string of the molecule is CCN(CCCN1C(=O)c2ccccc2C1=O)c1ccc(/N=N/c2c(C#N)cc([N+](=O)[O-])cc2[N+](=O)[O-])c(C)c1. The smallest absolute Gasteiger partial charge is 0.304 e. The number of benzene rings is 3. The molecule has 0 saturated carbocycles. The van der Waals surface area contributed by atoms with Crippen LogP contribution in [0.2, 0.25) is 0 Å². The van der Waals surface area contributed by atoms with E-state index in [9.17, 15) is 35.1 Å². The molecule has 0 aromatic heterocycles. The number of carbonyl (C=O) groups excluding carboxylic acids is 2. The number of hydrogen-bond acceptors (Lipinski definition) is 10. The van der Waals surface area contributed by atoms with E-state index in [-0.39, 0.29) is 29.6 Å². The summed E-state index contributed by atoms with van der Waals surface area (Å²) in [5.41, 5.74) is 0.789. The zero-order chi connectivity index (χ0) is 29.0. The number of nitriles is 1. The average Bonchev–Trinajstić information content (AvgIpc) is 3.19. The van der Waals surface area contributed by atoms with Crippen molar-refractivity contribution in [3.05, 3.63) is 97.1 Å². The summed E-state index contributed by atoms with van der Waals surface area (Å²) in [4.78, 5) is 49.4. The summed E-state index contributed by atoms with van der Waals surface area (Å²) in [6, 6.07) is 15.4. The van der Waals surface area contributed by atoms with Gasteiger partial charge in [-0.15, -0.1) is 10.2 Å². The van der Waals surface area contributed by atoms with Crippen molar-refractivity contribution in [1.29, 1.82) is 5.26 Å². The van der Waals surface area contributed by atoms with Gasteiger partial charge < -0.3 is 4.90 Å². The molecule has 202 valence electrons.